The van der Waals surface area contributed by atoms with Gasteiger partial charge in [-0.1, -0.05) is 12.1 Å². The third-order valence-electron chi connectivity index (χ3n) is 6.75. The molecule has 0 saturated carbocycles. The molecule has 0 spiro atoms. The fraction of sp³-hybridized carbons (Fsp3) is 0.231. The molecule has 2 aromatic carbocycles. The molecule has 206 valence electrons. The number of nitrogen functional groups attached to an aromatic ring is 1. The Morgan fingerprint density at radius 1 is 1.10 bits per heavy atom. The fourth-order valence-electron chi connectivity index (χ4n) is 4.93. The zero-order chi connectivity index (χ0) is 28.0. The quantitative estimate of drug-likeness (QED) is 0.226. The average Bonchev–Trinajstić information content (AvgIpc) is 3.67. The molecule has 0 unspecified atom stereocenters. The fourth-order valence-corrected chi connectivity index (χ4v) is 4.93. The van der Waals surface area contributed by atoms with E-state index in [0.29, 0.717) is 33.9 Å². The van der Waals surface area contributed by atoms with E-state index in [4.69, 9.17) is 5.73 Å². The van der Waals surface area contributed by atoms with Gasteiger partial charge in [0.15, 0.2) is 11.6 Å². The van der Waals surface area contributed by atoms with Crippen molar-refractivity contribution in [3.05, 3.63) is 60.3 Å². The molecule has 1 aliphatic heterocycles. The topological polar surface area (TPSA) is 129 Å². The number of H-pyrrole nitrogens is 1. The molecule has 6 rings (SSSR count). The van der Waals surface area contributed by atoms with Gasteiger partial charge in [0.25, 0.3) is 5.91 Å². The number of anilines is 4. The van der Waals surface area contributed by atoms with E-state index < -0.39 is 18.6 Å². The first-order chi connectivity index (χ1) is 19.2. The molecule has 0 aliphatic carbocycles. The summed E-state index contributed by atoms with van der Waals surface area (Å²) in [5, 5.41) is 9.02. The SMILES string of the molecule is Nc1ncnn2cc(C(=O)NCC(F)(F)F)c(-c3ccc(Nc4nc5ccc(N6CCCC6)c(F)c5[nH]4)cc3)c12. The molecule has 1 fully saturated rings. The average molecular weight is 554 g/mol. The molecule has 4 heterocycles. The molecule has 0 bridgehead atoms. The van der Waals surface area contributed by atoms with Gasteiger partial charge < -0.3 is 26.3 Å². The number of amides is 1. The zero-order valence-corrected chi connectivity index (χ0v) is 20.9. The van der Waals surface area contributed by atoms with Crippen LogP contribution in [0.2, 0.25) is 0 Å². The maximum atomic E-state index is 15.2. The van der Waals surface area contributed by atoms with Crippen LogP contribution in [-0.2, 0) is 0 Å². The summed E-state index contributed by atoms with van der Waals surface area (Å²) in [7, 11) is 0. The van der Waals surface area contributed by atoms with Crippen molar-refractivity contribution in [2.75, 3.05) is 35.6 Å². The van der Waals surface area contributed by atoms with Gasteiger partial charge >= 0.3 is 6.18 Å². The Hall–Kier alpha value is -4.88. The van der Waals surface area contributed by atoms with Crippen LogP contribution in [0.4, 0.5) is 40.7 Å². The number of fused-ring (bicyclic) bond motifs is 2. The summed E-state index contributed by atoms with van der Waals surface area (Å²) in [6, 6.07) is 10.2. The van der Waals surface area contributed by atoms with E-state index >= 15 is 4.39 Å². The summed E-state index contributed by atoms with van der Waals surface area (Å²) in [4.78, 5) is 26.1. The van der Waals surface area contributed by atoms with Gasteiger partial charge in [-0.25, -0.2) is 18.9 Å². The first kappa shape index (κ1) is 25.4. The van der Waals surface area contributed by atoms with Crippen molar-refractivity contribution in [1.29, 1.82) is 0 Å². The number of rotatable bonds is 6. The number of benzene rings is 2. The van der Waals surface area contributed by atoms with E-state index in [1.807, 2.05) is 10.2 Å². The number of nitrogens with zero attached hydrogens (tertiary/aromatic N) is 5. The highest BCUT2D eigenvalue weighted by Gasteiger charge is 2.29. The minimum Gasteiger partial charge on any atom is -0.382 e. The number of alkyl halides is 3. The Labute approximate surface area is 224 Å². The first-order valence-corrected chi connectivity index (χ1v) is 12.5. The lowest BCUT2D eigenvalue weighted by Gasteiger charge is -2.18. The Morgan fingerprint density at radius 2 is 1.85 bits per heavy atom. The molecular formula is C26H23F4N9O. The van der Waals surface area contributed by atoms with Gasteiger partial charge in [-0.15, -0.1) is 0 Å². The van der Waals surface area contributed by atoms with Crippen LogP contribution in [0, 0.1) is 5.82 Å². The largest absolute Gasteiger partial charge is 0.405 e. The second kappa shape index (κ2) is 9.70. The number of carbonyl (C=O) groups excluding carboxylic acids is 1. The summed E-state index contributed by atoms with van der Waals surface area (Å²) in [6.45, 7) is 0.141. The highest BCUT2D eigenvalue weighted by atomic mass is 19.4. The summed E-state index contributed by atoms with van der Waals surface area (Å²) in [5.41, 5.74) is 8.97. The van der Waals surface area contributed by atoms with Crippen molar-refractivity contribution in [2.45, 2.75) is 19.0 Å². The van der Waals surface area contributed by atoms with Crippen LogP contribution in [0.5, 0.6) is 0 Å². The monoisotopic (exact) mass is 553 g/mol. The maximum Gasteiger partial charge on any atom is 0.405 e. The van der Waals surface area contributed by atoms with Crippen molar-refractivity contribution in [3.8, 4) is 11.1 Å². The summed E-state index contributed by atoms with van der Waals surface area (Å²) in [5.74, 6) is -0.900. The van der Waals surface area contributed by atoms with Gasteiger partial charge in [-0.05, 0) is 42.7 Å². The molecule has 10 nitrogen and oxygen atoms in total. The lowest BCUT2D eigenvalue weighted by Crippen LogP contribution is -2.33. The number of nitrogens with two attached hydrogens (primary N) is 1. The van der Waals surface area contributed by atoms with Crippen molar-refractivity contribution < 1.29 is 22.4 Å². The maximum absolute atomic E-state index is 15.2. The van der Waals surface area contributed by atoms with E-state index in [1.54, 1.807) is 36.4 Å². The second-order valence-corrected chi connectivity index (χ2v) is 9.43. The third-order valence-corrected chi connectivity index (χ3v) is 6.75. The van der Waals surface area contributed by atoms with Gasteiger partial charge in [0.1, 0.15) is 23.9 Å². The Morgan fingerprint density at radius 3 is 2.58 bits per heavy atom. The van der Waals surface area contributed by atoms with Crippen LogP contribution in [-0.4, -0.2) is 56.3 Å². The van der Waals surface area contributed by atoms with Crippen molar-refractivity contribution in [2.24, 2.45) is 0 Å². The van der Waals surface area contributed by atoms with Crippen molar-refractivity contribution in [3.63, 3.8) is 0 Å². The third kappa shape index (κ3) is 4.72. The molecule has 5 aromatic rings. The minimum absolute atomic E-state index is 0.0428. The van der Waals surface area contributed by atoms with E-state index in [0.717, 1.165) is 25.9 Å². The van der Waals surface area contributed by atoms with Gasteiger partial charge in [0, 0.05) is 30.5 Å². The standard InChI is InChI=1S/C26H23F4N9O/c27-20-18(38-9-1-2-10-38)8-7-17-21(20)37-25(36-17)35-15-5-3-14(4-6-15)19-16(24(40)32-12-26(28,29)30)11-39-22(19)23(31)33-13-34-39/h3-8,11,13H,1-2,9-10,12H2,(H,32,40)(H2,31,33,34)(H2,35,36,37). The van der Waals surface area contributed by atoms with Gasteiger partial charge in [0.2, 0.25) is 5.95 Å². The lowest BCUT2D eigenvalue weighted by molar-refractivity contribution is -0.123. The Balaban J connectivity index is 1.30. The summed E-state index contributed by atoms with van der Waals surface area (Å²) in [6.07, 6.45) is -0.0270. The predicted octanol–water partition coefficient (Wildman–Crippen LogP) is 4.63. The van der Waals surface area contributed by atoms with E-state index in [1.165, 1.54) is 17.0 Å². The number of halogens is 4. The number of imidazole rings is 1. The molecule has 40 heavy (non-hydrogen) atoms. The number of hydrogen-bond acceptors (Lipinski definition) is 7. The highest BCUT2D eigenvalue weighted by Crippen LogP contribution is 2.34. The second-order valence-electron chi connectivity index (χ2n) is 9.43. The van der Waals surface area contributed by atoms with Crippen molar-refractivity contribution >= 4 is 45.6 Å². The molecule has 1 amide bonds. The van der Waals surface area contributed by atoms with E-state index in [-0.39, 0.29) is 28.3 Å². The van der Waals surface area contributed by atoms with Crippen LogP contribution >= 0.6 is 0 Å². The molecular weight excluding hydrogens is 530 g/mol. The Kier molecular flexibility index (Phi) is 6.16. The first-order valence-electron chi connectivity index (χ1n) is 12.5. The molecule has 5 N–H and O–H groups in total. The lowest BCUT2D eigenvalue weighted by atomic mass is 10.0. The van der Waals surface area contributed by atoms with E-state index in [2.05, 4.69) is 25.4 Å². The minimum atomic E-state index is -4.57. The molecule has 0 atom stereocenters. The Bertz CT molecular complexity index is 1720. The normalized spacial score (nSPS) is 13.8. The van der Waals surface area contributed by atoms with Crippen LogP contribution in [0.15, 0.2) is 48.9 Å². The van der Waals surface area contributed by atoms with Gasteiger partial charge in [-0.3, -0.25) is 4.79 Å². The molecule has 3 aromatic heterocycles. The van der Waals surface area contributed by atoms with Crippen LogP contribution in [0.3, 0.4) is 0 Å². The summed E-state index contributed by atoms with van der Waals surface area (Å²) >= 11 is 0. The zero-order valence-electron chi connectivity index (χ0n) is 20.9. The summed E-state index contributed by atoms with van der Waals surface area (Å²) < 4.78 is 54.7. The van der Waals surface area contributed by atoms with Crippen molar-refractivity contribution in [1.82, 2.24) is 29.9 Å². The number of carbonyl (C=O) groups is 1. The molecule has 0 radical (unpaired) electrons. The number of aromatic nitrogens is 5. The van der Waals surface area contributed by atoms with Gasteiger partial charge in [0.05, 0.1) is 16.8 Å². The van der Waals surface area contributed by atoms with Gasteiger partial charge in [-0.2, -0.15) is 18.3 Å². The smallest absolute Gasteiger partial charge is 0.382 e. The number of aromatic amines is 1. The van der Waals surface area contributed by atoms with Crippen LogP contribution in [0.1, 0.15) is 23.2 Å². The molecule has 1 saturated heterocycles. The van der Waals surface area contributed by atoms with Crippen LogP contribution < -0.4 is 21.3 Å². The van der Waals surface area contributed by atoms with E-state index in [9.17, 15) is 18.0 Å². The predicted molar refractivity (Wildman–Crippen MR) is 142 cm³/mol. The molecule has 1 aliphatic rings. The highest BCUT2D eigenvalue weighted by molar-refractivity contribution is 6.07. The number of nitrogens with one attached hydrogen (secondary N) is 3. The van der Waals surface area contributed by atoms with Crippen LogP contribution in [0.25, 0.3) is 27.7 Å². The number of hydrogen-bond donors (Lipinski definition) is 4. The molecule has 14 heteroatoms.